The van der Waals surface area contributed by atoms with Gasteiger partial charge in [-0.05, 0) is 56.4 Å². The third-order valence-corrected chi connectivity index (χ3v) is 4.56. The van der Waals surface area contributed by atoms with Crippen LogP contribution in [0.25, 0.3) is 0 Å². The third-order valence-electron chi connectivity index (χ3n) is 4.56. The van der Waals surface area contributed by atoms with Crippen molar-refractivity contribution in [3.05, 3.63) is 35.9 Å². The molecule has 21 heavy (non-hydrogen) atoms. The zero-order valence-electron chi connectivity index (χ0n) is 12.9. The van der Waals surface area contributed by atoms with Crippen LogP contribution in [0.5, 0.6) is 0 Å². The minimum Gasteiger partial charge on any atom is -0.396 e. The number of rotatable bonds is 6. The number of benzene rings is 1. The van der Waals surface area contributed by atoms with Crippen molar-refractivity contribution in [2.24, 2.45) is 5.92 Å². The second-order valence-corrected chi connectivity index (χ2v) is 6.31. The summed E-state index contributed by atoms with van der Waals surface area (Å²) >= 11 is 0. The minimum atomic E-state index is 0.0724. The van der Waals surface area contributed by atoms with E-state index in [9.17, 15) is 4.79 Å². The van der Waals surface area contributed by atoms with Gasteiger partial charge in [0.1, 0.15) is 0 Å². The first-order valence-corrected chi connectivity index (χ1v) is 8.14. The van der Waals surface area contributed by atoms with E-state index in [1.54, 1.807) is 0 Å². The maximum Gasteiger partial charge on any atom is 0.220 e. The fourth-order valence-corrected chi connectivity index (χ4v) is 3.29. The Morgan fingerprint density at radius 3 is 2.52 bits per heavy atom. The summed E-state index contributed by atoms with van der Waals surface area (Å²) in [6.07, 6.45) is 5.93. The smallest absolute Gasteiger partial charge is 0.220 e. The first kappa shape index (κ1) is 16.0. The van der Waals surface area contributed by atoms with Gasteiger partial charge in [-0.25, -0.2) is 0 Å². The summed E-state index contributed by atoms with van der Waals surface area (Å²) in [7, 11) is 0. The summed E-state index contributed by atoms with van der Waals surface area (Å²) in [4.78, 5) is 12.0. The second-order valence-electron chi connectivity index (χ2n) is 6.31. The molecule has 0 aromatic heterocycles. The van der Waals surface area contributed by atoms with E-state index in [2.05, 4.69) is 35.6 Å². The lowest BCUT2D eigenvalue weighted by molar-refractivity contribution is -0.122. The van der Waals surface area contributed by atoms with E-state index < -0.39 is 0 Å². The molecule has 1 amide bonds. The molecule has 1 saturated carbocycles. The zero-order valence-corrected chi connectivity index (χ0v) is 12.9. The zero-order chi connectivity index (χ0) is 15.1. The van der Waals surface area contributed by atoms with Gasteiger partial charge in [0.25, 0.3) is 0 Å². The van der Waals surface area contributed by atoms with Crippen molar-refractivity contribution in [1.29, 1.82) is 0 Å². The Kier molecular flexibility index (Phi) is 6.24. The molecule has 3 heteroatoms. The van der Waals surface area contributed by atoms with Crippen LogP contribution in [-0.2, 0) is 4.79 Å². The lowest BCUT2D eigenvalue weighted by Gasteiger charge is -2.28. The molecule has 116 valence electrons. The minimum absolute atomic E-state index is 0.0724. The van der Waals surface area contributed by atoms with Crippen LogP contribution < -0.4 is 5.32 Å². The fourth-order valence-electron chi connectivity index (χ4n) is 3.29. The van der Waals surface area contributed by atoms with Crippen molar-refractivity contribution in [1.82, 2.24) is 5.32 Å². The van der Waals surface area contributed by atoms with E-state index in [1.165, 1.54) is 18.4 Å². The molecule has 0 spiro atoms. The highest BCUT2D eigenvalue weighted by molar-refractivity contribution is 5.76. The number of carbonyl (C=O) groups excluding carboxylic acids is 1. The predicted molar refractivity (Wildman–Crippen MR) is 85.1 cm³/mol. The third kappa shape index (κ3) is 5.16. The standard InChI is InChI=1S/C18H27NO2/c1-14(11-12-20)19-18(21)13-15-7-9-17(10-8-15)16-5-3-2-4-6-16/h2-6,14-15,17,20H,7-13H2,1H3,(H,19,21). The Labute approximate surface area is 127 Å². The quantitative estimate of drug-likeness (QED) is 0.844. The Morgan fingerprint density at radius 1 is 1.24 bits per heavy atom. The van der Waals surface area contributed by atoms with Crippen LogP contribution in [0.2, 0.25) is 0 Å². The lowest BCUT2D eigenvalue weighted by Crippen LogP contribution is -2.34. The molecule has 1 aliphatic rings. The molecule has 1 unspecified atom stereocenters. The summed E-state index contributed by atoms with van der Waals surface area (Å²) < 4.78 is 0. The van der Waals surface area contributed by atoms with Crippen LogP contribution in [0.15, 0.2) is 30.3 Å². The van der Waals surface area contributed by atoms with Gasteiger partial charge in [-0.3, -0.25) is 4.79 Å². The molecule has 0 aliphatic heterocycles. The summed E-state index contributed by atoms with van der Waals surface area (Å²) in [5.41, 5.74) is 1.44. The molecule has 2 N–H and O–H groups in total. The lowest BCUT2D eigenvalue weighted by atomic mass is 9.77. The molecular weight excluding hydrogens is 262 g/mol. The number of nitrogens with one attached hydrogen (secondary N) is 1. The molecule has 1 fully saturated rings. The van der Waals surface area contributed by atoms with Gasteiger partial charge in [0.05, 0.1) is 0 Å². The molecule has 1 aromatic carbocycles. The SMILES string of the molecule is CC(CCO)NC(=O)CC1CCC(c2ccccc2)CC1. The van der Waals surface area contributed by atoms with E-state index in [0.717, 1.165) is 12.8 Å². The van der Waals surface area contributed by atoms with Crippen molar-refractivity contribution in [3.8, 4) is 0 Å². The van der Waals surface area contributed by atoms with Crippen molar-refractivity contribution in [2.75, 3.05) is 6.61 Å². The first-order valence-electron chi connectivity index (χ1n) is 8.14. The molecule has 0 saturated heterocycles. The highest BCUT2D eigenvalue weighted by Crippen LogP contribution is 2.36. The average Bonchev–Trinajstić information content (AvgIpc) is 2.49. The predicted octanol–water partition coefficient (Wildman–Crippen LogP) is 3.24. The Morgan fingerprint density at radius 2 is 1.90 bits per heavy atom. The van der Waals surface area contributed by atoms with Gasteiger partial charge in [-0.2, -0.15) is 0 Å². The van der Waals surface area contributed by atoms with Crippen LogP contribution in [0, 0.1) is 5.92 Å². The molecule has 1 aromatic rings. The number of hydrogen-bond acceptors (Lipinski definition) is 2. The topological polar surface area (TPSA) is 49.3 Å². The van der Waals surface area contributed by atoms with Crippen molar-refractivity contribution < 1.29 is 9.90 Å². The number of hydrogen-bond donors (Lipinski definition) is 2. The summed E-state index contributed by atoms with van der Waals surface area (Å²) in [5.74, 6) is 1.32. The van der Waals surface area contributed by atoms with Crippen LogP contribution in [0.1, 0.15) is 56.9 Å². The second kappa shape index (κ2) is 8.18. The largest absolute Gasteiger partial charge is 0.396 e. The normalized spacial score (nSPS) is 23.5. The Balaban J connectivity index is 1.73. The number of carbonyl (C=O) groups is 1. The van der Waals surface area contributed by atoms with Crippen LogP contribution in [0.3, 0.4) is 0 Å². The molecule has 0 radical (unpaired) electrons. The van der Waals surface area contributed by atoms with Gasteiger partial charge in [-0.1, -0.05) is 30.3 Å². The van der Waals surface area contributed by atoms with Crippen molar-refractivity contribution in [2.45, 2.75) is 57.4 Å². The maximum absolute atomic E-state index is 12.0. The summed E-state index contributed by atoms with van der Waals surface area (Å²) in [5, 5.41) is 11.8. The van der Waals surface area contributed by atoms with Gasteiger partial charge in [0.2, 0.25) is 5.91 Å². The highest BCUT2D eigenvalue weighted by atomic mass is 16.3. The van der Waals surface area contributed by atoms with Gasteiger partial charge in [0.15, 0.2) is 0 Å². The number of amides is 1. The Bertz CT molecular complexity index is 424. The van der Waals surface area contributed by atoms with E-state index in [0.29, 0.717) is 24.7 Å². The molecule has 0 heterocycles. The number of aliphatic hydroxyl groups excluding tert-OH is 1. The maximum atomic E-state index is 12.0. The van der Waals surface area contributed by atoms with E-state index in [-0.39, 0.29) is 18.6 Å². The summed E-state index contributed by atoms with van der Waals surface area (Å²) in [6, 6.07) is 10.8. The molecule has 1 atom stereocenters. The molecule has 1 aliphatic carbocycles. The molecule has 0 bridgehead atoms. The fraction of sp³-hybridized carbons (Fsp3) is 0.611. The first-order chi connectivity index (χ1) is 10.2. The highest BCUT2D eigenvalue weighted by Gasteiger charge is 2.24. The van der Waals surface area contributed by atoms with Gasteiger partial charge in [-0.15, -0.1) is 0 Å². The van der Waals surface area contributed by atoms with Crippen molar-refractivity contribution in [3.63, 3.8) is 0 Å². The summed E-state index contributed by atoms with van der Waals surface area (Å²) in [6.45, 7) is 2.07. The molecular formula is C18H27NO2. The van der Waals surface area contributed by atoms with Gasteiger partial charge < -0.3 is 10.4 Å². The van der Waals surface area contributed by atoms with Gasteiger partial charge >= 0.3 is 0 Å². The van der Waals surface area contributed by atoms with Crippen molar-refractivity contribution >= 4 is 5.91 Å². The molecule has 2 rings (SSSR count). The monoisotopic (exact) mass is 289 g/mol. The van der Waals surface area contributed by atoms with E-state index in [4.69, 9.17) is 5.11 Å². The van der Waals surface area contributed by atoms with Crippen LogP contribution in [-0.4, -0.2) is 23.7 Å². The van der Waals surface area contributed by atoms with Crippen LogP contribution in [0.4, 0.5) is 0 Å². The van der Waals surface area contributed by atoms with E-state index >= 15 is 0 Å². The van der Waals surface area contributed by atoms with Crippen LogP contribution >= 0.6 is 0 Å². The molecule has 3 nitrogen and oxygen atoms in total. The average molecular weight is 289 g/mol. The Hall–Kier alpha value is -1.35. The van der Waals surface area contributed by atoms with Gasteiger partial charge in [0, 0.05) is 19.1 Å². The number of aliphatic hydroxyl groups is 1. The van der Waals surface area contributed by atoms with E-state index in [1.807, 2.05) is 6.92 Å².